The first-order chi connectivity index (χ1) is 23.6. The zero-order valence-electron chi connectivity index (χ0n) is 27.2. The summed E-state index contributed by atoms with van der Waals surface area (Å²) in [6.07, 6.45) is 0. The Morgan fingerprint density at radius 2 is 1.04 bits per heavy atom. The fourth-order valence-electron chi connectivity index (χ4n) is 4.35. The van der Waals surface area contributed by atoms with Crippen molar-refractivity contribution in [3.63, 3.8) is 0 Å². The van der Waals surface area contributed by atoms with E-state index in [1.165, 1.54) is 0 Å². The van der Waals surface area contributed by atoms with Gasteiger partial charge in [0.1, 0.15) is 49.4 Å². The Bertz CT molecular complexity index is 1680. The molecular formula is C31H40O13S5. The lowest BCUT2D eigenvalue weighted by Crippen LogP contribution is -2.09. The molecule has 13 nitrogen and oxygen atoms in total. The molecule has 0 unspecified atom stereocenters. The highest BCUT2D eigenvalue weighted by Gasteiger charge is 2.26. The van der Waals surface area contributed by atoms with Gasteiger partial charge in [-0.15, -0.1) is 58.0 Å². The van der Waals surface area contributed by atoms with E-state index in [9.17, 15) is 10.2 Å². The Labute approximate surface area is 301 Å². The third kappa shape index (κ3) is 12.3. The predicted molar refractivity (Wildman–Crippen MR) is 190 cm³/mol. The van der Waals surface area contributed by atoms with Gasteiger partial charge < -0.3 is 48.8 Å². The van der Waals surface area contributed by atoms with Crippen LogP contribution in [0.15, 0.2) is 18.2 Å². The van der Waals surface area contributed by atoms with Gasteiger partial charge in [0.15, 0.2) is 0 Å². The van der Waals surface area contributed by atoms with Gasteiger partial charge in [0.2, 0.25) is 0 Å². The van der Waals surface area contributed by atoms with Crippen LogP contribution in [0.3, 0.4) is 0 Å². The molecule has 0 saturated carbocycles. The van der Waals surface area contributed by atoms with Crippen molar-refractivity contribution in [3.8, 4) is 52.3 Å². The van der Waals surface area contributed by atoms with Crippen molar-refractivity contribution in [1.82, 2.24) is 0 Å². The smallest absolute Gasteiger partial charge is 0.425 e. The van der Waals surface area contributed by atoms with Gasteiger partial charge >= 0.3 is 10.6 Å². The fraction of sp³-hybridized carbons (Fsp3) is 0.484. The largest absolute Gasteiger partial charge is 0.490 e. The van der Waals surface area contributed by atoms with Crippen LogP contribution in [0, 0.1) is 20.8 Å². The zero-order chi connectivity index (χ0) is 35.8. The molecule has 0 aliphatic rings. The van der Waals surface area contributed by atoms with Crippen LogP contribution in [-0.4, -0.2) is 112 Å². The summed E-state index contributed by atoms with van der Waals surface area (Å²) in [4.78, 5) is 7.87. The second-order valence-corrected chi connectivity index (χ2v) is 14.8. The molecule has 4 aromatic heterocycles. The summed E-state index contributed by atoms with van der Waals surface area (Å²) in [5, 5.41) is 36.9. The van der Waals surface area contributed by atoms with Crippen molar-refractivity contribution >= 4 is 56.0 Å². The predicted octanol–water partition coefficient (Wildman–Crippen LogP) is 4.37. The van der Waals surface area contributed by atoms with Crippen LogP contribution in [0.2, 0.25) is 0 Å². The van der Waals surface area contributed by atoms with E-state index >= 15 is 0 Å². The van der Waals surface area contributed by atoms with E-state index in [1.807, 2.05) is 39.0 Å². The van der Waals surface area contributed by atoms with E-state index in [0.717, 1.165) is 61.8 Å². The van der Waals surface area contributed by atoms with E-state index < -0.39 is 10.6 Å². The average Bonchev–Trinajstić information content (AvgIpc) is 3.83. The van der Waals surface area contributed by atoms with Crippen LogP contribution in [0.4, 0.5) is 0 Å². The molecule has 0 aromatic carbocycles. The number of aryl methyl sites for hydroxylation is 2. The second-order valence-electron chi connectivity index (χ2n) is 9.82. The van der Waals surface area contributed by atoms with Crippen LogP contribution in [0.1, 0.15) is 15.3 Å². The van der Waals surface area contributed by atoms with E-state index in [0.29, 0.717) is 32.2 Å². The van der Waals surface area contributed by atoms with Crippen molar-refractivity contribution < 1.29 is 61.5 Å². The van der Waals surface area contributed by atoms with Crippen molar-refractivity contribution in [2.45, 2.75) is 20.8 Å². The summed E-state index contributed by atoms with van der Waals surface area (Å²) in [6, 6.07) is 5.97. The first-order valence-corrected chi connectivity index (χ1v) is 19.3. The number of aliphatic hydroxyl groups is 4. The first kappa shape index (κ1) is 40.8. The highest BCUT2D eigenvalue weighted by molar-refractivity contribution is 7.59. The maximum Gasteiger partial charge on any atom is 0.425 e. The molecular weight excluding hydrogens is 741 g/mol. The number of thiophene rings is 4. The molecule has 272 valence electrons. The highest BCUT2D eigenvalue weighted by Crippen LogP contribution is 2.55. The summed E-state index contributed by atoms with van der Waals surface area (Å²) in [5.74, 6) is 2.88. The summed E-state index contributed by atoms with van der Waals surface area (Å²) < 4.78 is 60.3. The Morgan fingerprint density at radius 1 is 0.531 bits per heavy atom. The quantitative estimate of drug-likeness (QED) is 0.0875. The van der Waals surface area contributed by atoms with Crippen molar-refractivity contribution in [2.24, 2.45) is 0 Å². The maximum atomic E-state index is 9.54. The molecule has 18 heteroatoms. The minimum absolute atomic E-state index is 0.0277. The van der Waals surface area contributed by atoms with Gasteiger partial charge in [-0.2, -0.15) is 0 Å². The van der Waals surface area contributed by atoms with Crippen LogP contribution < -0.4 is 18.9 Å². The molecule has 4 heterocycles. The van der Waals surface area contributed by atoms with Gasteiger partial charge in [-0.1, -0.05) is 0 Å². The molecule has 0 amide bonds. The van der Waals surface area contributed by atoms with E-state index in [-0.39, 0.29) is 52.9 Å². The van der Waals surface area contributed by atoms with Crippen LogP contribution >= 0.6 is 45.3 Å². The van der Waals surface area contributed by atoms with E-state index in [1.54, 1.807) is 45.3 Å². The Hall–Kier alpha value is -2.62. The monoisotopic (exact) mass is 780 g/mol. The van der Waals surface area contributed by atoms with E-state index in [2.05, 4.69) is 0 Å². The third-order valence-corrected chi connectivity index (χ3v) is 11.2. The number of aliphatic hydroxyl groups excluding tert-OH is 4. The Balaban J connectivity index is 0.00000154. The van der Waals surface area contributed by atoms with E-state index in [4.69, 9.17) is 51.3 Å². The average molecular weight is 781 g/mol. The second kappa shape index (κ2) is 21.6. The molecule has 4 aromatic rings. The van der Waals surface area contributed by atoms with Crippen LogP contribution in [0.5, 0.6) is 23.0 Å². The number of ether oxygens (including phenoxy) is 6. The van der Waals surface area contributed by atoms with Gasteiger partial charge in [0.25, 0.3) is 0 Å². The molecule has 0 fully saturated rings. The fourth-order valence-corrected chi connectivity index (χ4v) is 9.02. The SMILES string of the molecule is Cc1cc(OCCO)c(-c2sc(-c3cc(OCCO)c(-c4cc(OCCOCCO)c(C)s4)s3)c(OCCOCCO)c2C)s1.O=S(=O)=O. The molecule has 0 radical (unpaired) electrons. The molecule has 49 heavy (non-hydrogen) atoms. The lowest BCUT2D eigenvalue weighted by molar-refractivity contribution is 0.0705. The van der Waals surface area contributed by atoms with Gasteiger partial charge in [-0.3, -0.25) is 0 Å². The van der Waals surface area contributed by atoms with Crippen molar-refractivity contribution in [3.05, 3.63) is 33.5 Å². The number of rotatable bonds is 21. The van der Waals surface area contributed by atoms with Gasteiger partial charge in [0, 0.05) is 27.5 Å². The summed E-state index contributed by atoms with van der Waals surface area (Å²) in [7, 11) is -3.11. The standard InChI is InChI=1S/C31H40O10S4.O3S/c1-19-16-23(38-10-6-34)30(42-19)28-20(2)27(41-15-13-37-9-5-33)31(45-28)26-18-24(39-11-7-35)29(44-26)25-17-22(21(3)43-25)40-14-12-36-8-4-32;1-4(2)3/h16-18,32-35H,4-15H2,1-3H3;. The Morgan fingerprint density at radius 3 is 1.63 bits per heavy atom. The lowest BCUT2D eigenvalue weighted by Gasteiger charge is -2.09. The topological polar surface area (TPSA) is 188 Å². The number of hydrogen-bond acceptors (Lipinski definition) is 17. The molecule has 0 aliphatic heterocycles. The van der Waals surface area contributed by atoms with Crippen LogP contribution in [0.25, 0.3) is 29.3 Å². The minimum Gasteiger partial charge on any atom is -0.490 e. The third-order valence-electron chi connectivity index (χ3n) is 6.27. The molecule has 0 saturated heterocycles. The van der Waals surface area contributed by atoms with Crippen molar-refractivity contribution in [2.75, 3.05) is 79.3 Å². The highest BCUT2D eigenvalue weighted by atomic mass is 32.2. The normalized spacial score (nSPS) is 10.9. The molecule has 0 aliphatic carbocycles. The molecule has 0 spiro atoms. The van der Waals surface area contributed by atoms with Gasteiger partial charge in [-0.25, -0.2) is 0 Å². The summed E-state index contributed by atoms with van der Waals surface area (Å²) >= 11 is 6.41. The lowest BCUT2D eigenvalue weighted by atomic mass is 10.2. The van der Waals surface area contributed by atoms with Crippen LogP contribution in [-0.2, 0) is 20.1 Å². The van der Waals surface area contributed by atoms with Gasteiger partial charge in [-0.05, 0) is 26.8 Å². The maximum absolute atomic E-state index is 9.54. The minimum atomic E-state index is -3.11. The molecule has 4 N–H and O–H groups in total. The summed E-state index contributed by atoms with van der Waals surface area (Å²) in [6.45, 7) is 8.03. The summed E-state index contributed by atoms with van der Waals surface area (Å²) in [5.41, 5.74) is 0.965. The molecule has 4 rings (SSSR count). The molecule has 0 atom stereocenters. The van der Waals surface area contributed by atoms with Gasteiger partial charge in [0.05, 0.1) is 82.1 Å². The Kier molecular flexibility index (Phi) is 18.0. The van der Waals surface area contributed by atoms with Crippen molar-refractivity contribution in [1.29, 1.82) is 0 Å². The number of hydrogen-bond donors (Lipinski definition) is 4. The first-order valence-electron chi connectivity index (χ1n) is 15.0. The zero-order valence-corrected chi connectivity index (χ0v) is 31.3. The molecule has 0 bridgehead atoms.